The normalized spacial score (nSPS) is 21.7. The van der Waals surface area contributed by atoms with Crippen molar-refractivity contribution < 1.29 is 23.0 Å². The van der Waals surface area contributed by atoms with Crippen molar-refractivity contribution in [3.8, 4) is 0 Å². The van der Waals surface area contributed by atoms with Crippen LogP contribution in [0.3, 0.4) is 0 Å². The lowest BCUT2D eigenvalue weighted by atomic mass is 10.1. The molecule has 150 valence electrons. The molecular formula is C18H24ClF2N3O3. The highest BCUT2D eigenvalue weighted by molar-refractivity contribution is 6.32. The Kier molecular flexibility index (Phi) is 5.87. The molecule has 0 atom stereocenters. The summed E-state index contributed by atoms with van der Waals surface area (Å²) in [6.45, 7) is 6.38. The van der Waals surface area contributed by atoms with Gasteiger partial charge >= 0.3 is 0 Å². The average molecular weight is 404 g/mol. The highest BCUT2D eigenvalue weighted by Crippen LogP contribution is 2.47. The van der Waals surface area contributed by atoms with Crippen LogP contribution >= 0.6 is 11.6 Å². The molecule has 3 saturated heterocycles. The van der Waals surface area contributed by atoms with Crippen LogP contribution in [-0.2, 0) is 14.2 Å². The molecule has 6 nitrogen and oxygen atoms in total. The molecule has 0 amide bonds. The van der Waals surface area contributed by atoms with E-state index in [4.69, 9.17) is 25.8 Å². The lowest BCUT2D eigenvalue weighted by molar-refractivity contribution is 0.119. The van der Waals surface area contributed by atoms with Gasteiger partial charge in [-0.25, -0.2) is 8.78 Å². The number of nitrogens with zero attached hydrogens (tertiary/aromatic N) is 3. The maximum atomic E-state index is 15.3. The number of anilines is 3. The van der Waals surface area contributed by atoms with Gasteiger partial charge in [0.2, 0.25) is 0 Å². The fourth-order valence-electron chi connectivity index (χ4n) is 3.86. The van der Waals surface area contributed by atoms with Gasteiger partial charge < -0.3 is 28.9 Å². The second-order valence-corrected chi connectivity index (χ2v) is 7.16. The quantitative estimate of drug-likeness (QED) is 0.720. The lowest BCUT2D eigenvalue weighted by Crippen LogP contribution is -2.43. The Labute approximate surface area is 162 Å². The number of halogens is 3. The van der Waals surface area contributed by atoms with Crippen molar-refractivity contribution in [2.24, 2.45) is 0 Å². The van der Waals surface area contributed by atoms with Gasteiger partial charge in [-0.05, 0) is 0 Å². The van der Waals surface area contributed by atoms with E-state index in [1.807, 2.05) is 14.7 Å². The SMILES string of the molecule is Fc1c(Cl)c(F)c(N2CCOCC2)c(N2CCOCC2)c1N1CCOCC1. The molecular weight excluding hydrogens is 380 g/mol. The summed E-state index contributed by atoms with van der Waals surface area (Å²) in [5, 5.41) is -0.449. The van der Waals surface area contributed by atoms with Crippen LogP contribution in [0.4, 0.5) is 25.8 Å². The monoisotopic (exact) mass is 403 g/mol. The fraction of sp³-hybridized carbons (Fsp3) is 0.667. The van der Waals surface area contributed by atoms with Crippen LogP contribution in [-0.4, -0.2) is 78.9 Å². The van der Waals surface area contributed by atoms with Gasteiger partial charge in [0.25, 0.3) is 0 Å². The molecule has 9 heteroatoms. The van der Waals surface area contributed by atoms with E-state index in [-0.39, 0.29) is 0 Å². The number of ether oxygens (including phenoxy) is 3. The molecule has 3 aliphatic heterocycles. The summed E-state index contributed by atoms with van der Waals surface area (Å²) < 4.78 is 46.8. The van der Waals surface area contributed by atoms with E-state index in [0.29, 0.717) is 96.0 Å². The van der Waals surface area contributed by atoms with Crippen LogP contribution in [0.2, 0.25) is 5.02 Å². The van der Waals surface area contributed by atoms with Crippen LogP contribution in [0.1, 0.15) is 0 Å². The molecule has 0 radical (unpaired) electrons. The van der Waals surface area contributed by atoms with Crippen LogP contribution in [0.25, 0.3) is 0 Å². The molecule has 27 heavy (non-hydrogen) atoms. The minimum absolute atomic E-state index is 0.369. The van der Waals surface area contributed by atoms with Crippen molar-refractivity contribution in [3.63, 3.8) is 0 Å². The van der Waals surface area contributed by atoms with Gasteiger partial charge in [-0.3, -0.25) is 0 Å². The predicted molar refractivity (Wildman–Crippen MR) is 100 cm³/mol. The molecule has 1 aromatic rings. The Balaban J connectivity index is 1.88. The van der Waals surface area contributed by atoms with E-state index < -0.39 is 16.7 Å². The van der Waals surface area contributed by atoms with Gasteiger partial charge in [0.05, 0.1) is 45.3 Å². The molecule has 3 fully saturated rings. The lowest BCUT2D eigenvalue weighted by Gasteiger charge is -2.40. The largest absolute Gasteiger partial charge is 0.378 e. The van der Waals surface area contributed by atoms with Gasteiger partial charge in [0.1, 0.15) is 16.4 Å². The average Bonchev–Trinajstić information content (AvgIpc) is 2.73. The first kappa shape index (κ1) is 19.0. The van der Waals surface area contributed by atoms with E-state index in [2.05, 4.69) is 0 Å². The Morgan fingerprint density at radius 2 is 0.852 bits per heavy atom. The number of rotatable bonds is 3. The topological polar surface area (TPSA) is 37.4 Å². The first-order valence-corrected chi connectivity index (χ1v) is 9.75. The number of hydrogen-bond acceptors (Lipinski definition) is 6. The van der Waals surface area contributed by atoms with Crippen molar-refractivity contribution in [3.05, 3.63) is 16.7 Å². The minimum atomic E-state index is -0.699. The van der Waals surface area contributed by atoms with Gasteiger partial charge in [0.15, 0.2) is 11.6 Å². The molecule has 0 saturated carbocycles. The van der Waals surface area contributed by atoms with Crippen molar-refractivity contribution >= 4 is 28.7 Å². The smallest absolute Gasteiger partial charge is 0.170 e. The third-order valence-corrected chi connectivity index (χ3v) is 5.56. The van der Waals surface area contributed by atoms with Gasteiger partial charge in [-0.1, -0.05) is 11.6 Å². The van der Waals surface area contributed by atoms with Crippen molar-refractivity contribution in [2.45, 2.75) is 0 Å². The second-order valence-electron chi connectivity index (χ2n) is 6.79. The van der Waals surface area contributed by atoms with E-state index >= 15 is 8.78 Å². The Morgan fingerprint density at radius 1 is 0.556 bits per heavy atom. The van der Waals surface area contributed by atoms with E-state index in [1.54, 1.807) is 0 Å². The molecule has 3 heterocycles. The Morgan fingerprint density at radius 3 is 1.19 bits per heavy atom. The maximum Gasteiger partial charge on any atom is 0.170 e. The molecule has 1 aromatic carbocycles. The van der Waals surface area contributed by atoms with Crippen LogP contribution in [0.15, 0.2) is 0 Å². The standard InChI is InChI=1S/C18H24ClF2N3O3/c19-13-14(20)16(22-1-7-25-8-2-22)18(24-5-11-27-12-6-24)17(15(13)21)23-3-9-26-10-4-23/h1-12H2. The second kappa shape index (κ2) is 8.34. The zero-order chi connectivity index (χ0) is 18.8. The molecule has 0 aromatic heterocycles. The third-order valence-electron chi connectivity index (χ3n) is 5.23. The summed E-state index contributed by atoms with van der Waals surface area (Å²) in [5.74, 6) is -1.40. The fourth-order valence-corrected chi connectivity index (χ4v) is 4.04. The van der Waals surface area contributed by atoms with Crippen molar-refractivity contribution in [2.75, 3.05) is 93.6 Å². The molecule has 0 spiro atoms. The summed E-state index contributed by atoms with van der Waals surface area (Å²) >= 11 is 6.13. The highest BCUT2D eigenvalue weighted by Gasteiger charge is 2.34. The zero-order valence-electron chi connectivity index (χ0n) is 15.2. The number of hydrogen-bond donors (Lipinski definition) is 0. The molecule has 4 rings (SSSR count). The zero-order valence-corrected chi connectivity index (χ0v) is 15.9. The van der Waals surface area contributed by atoms with E-state index in [9.17, 15) is 0 Å². The van der Waals surface area contributed by atoms with E-state index in [1.165, 1.54) is 0 Å². The van der Waals surface area contributed by atoms with Crippen LogP contribution < -0.4 is 14.7 Å². The molecule has 0 N–H and O–H groups in total. The molecule has 3 aliphatic rings. The van der Waals surface area contributed by atoms with Crippen molar-refractivity contribution in [1.82, 2.24) is 0 Å². The molecule has 0 aliphatic carbocycles. The third kappa shape index (κ3) is 3.68. The minimum Gasteiger partial charge on any atom is -0.378 e. The van der Waals surface area contributed by atoms with Crippen LogP contribution in [0, 0.1) is 11.6 Å². The molecule has 0 bridgehead atoms. The van der Waals surface area contributed by atoms with Crippen LogP contribution in [0.5, 0.6) is 0 Å². The van der Waals surface area contributed by atoms with Gasteiger partial charge in [-0.2, -0.15) is 0 Å². The predicted octanol–water partition coefficient (Wildman–Crippen LogP) is 2.13. The number of benzene rings is 1. The first-order chi connectivity index (χ1) is 13.2. The summed E-state index contributed by atoms with van der Waals surface area (Å²) in [7, 11) is 0. The van der Waals surface area contributed by atoms with E-state index in [0.717, 1.165) is 0 Å². The summed E-state index contributed by atoms with van der Waals surface area (Å²) in [5.41, 5.74) is 1.31. The maximum absolute atomic E-state index is 15.3. The Bertz CT molecular complexity index is 631. The van der Waals surface area contributed by atoms with Gasteiger partial charge in [0, 0.05) is 39.3 Å². The highest BCUT2D eigenvalue weighted by atomic mass is 35.5. The summed E-state index contributed by atoms with van der Waals surface area (Å²) in [6.07, 6.45) is 0. The number of morpholine rings is 3. The molecule has 0 unspecified atom stereocenters. The first-order valence-electron chi connectivity index (χ1n) is 9.37. The van der Waals surface area contributed by atoms with Gasteiger partial charge in [-0.15, -0.1) is 0 Å². The Hall–Kier alpha value is -1.35. The van der Waals surface area contributed by atoms with Crippen molar-refractivity contribution in [1.29, 1.82) is 0 Å². The summed E-state index contributed by atoms with van der Waals surface area (Å²) in [6, 6.07) is 0. The summed E-state index contributed by atoms with van der Waals surface area (Å²) in [4.78, 5) is 5.85.